The van der Waals surface area contributed by atoms with Gasteiger partial charge in [0.15, 0.2) is 0 Å². The van der Waals surface area contributed by atoms with E-state index in [1.54, 1.807) is 0 Å². The molecule has 0 bridgehead atoms. The largest absolute Gasteiger partial charge is 0.406 e. The summed E-state index contributed by atoms with van der Waals surface area (Å²) in [5, 5.41) is 2.92. The molecule has 106 valence electrons. The maximum atomic E-state index is 12.9. The lowest BCUT2D eigenvalue weighted by Crippen LogP contribution is -2.51. The van der Waals surface area contributed by atoms with Gasteiger partial charge in [0.25, 0.3) is 0 Å². The smallest absolute Gasteiger partial charge is 0.301 e. The minimum atomic E-state index is -4.07. The van der Waals surface area contributed by atoms with Gasteiger partial charge in [0, 0.05) is 6.04 Å². The normalized spacial score (nSPS) is 31.7. The molecule has 1 nitrogen and oxygen atoms in total. The van der Waals surface area contributed by atoms with Crippen LogP contribution in [0.2, 0.25) is 0 Å². The van der Waals surface area contributed by atoms with Crippen molar-refractivity contribution in [1.82, 2.24) is 5.32 Å². The average molecular weight is 263 g/mol. The van der Waals surface area contributed by atoms with Crippen LogP contribution in [-0.2, 0) is 0 Å². The SMILES string of the molecule is CC(C)CC1CCCC(NC2(C(F)(F)F)CC2)C1. The first-order valence-electron chi connectivity index (χ1n) is 7.17. The maximum Gasteiger partial charge on any atom is 0.406 e. The van der Waals surface area contributed by atoms with Gasteiger partial charge in [-0.1, -0.05) is 26.7 Å². The Balaban J connectivity index is 1.87. The molecule has 4 heteroatoms. The molecule has 0 spiro atoms. The van der Waals surface area contributed by atoms with E-state index in [9.17, 15) is 13.2 Å². The van der Waals surface area contributed by atoms with Crippen LogP contribution in [0.3, 0.4) is 0 Å². The Hall–Kier alpha value is -0.250. The van der Waals surface area contributed by atoms with Crippen LogP contribution in [-0.4, -0.2) is 17.8 Å². The number of hydrogen-bond donors (Lipinski definition) is 1. The molecule has 2 aliphatic rings. The number of rotatable bonds is 4. The second-order valence-corrected chi connectivity index (χ2v) is 6.58. The van der Waals surface area contributed by atoms with Gasteiger partial charge in [-0.3, -0.25) is 0 Å². The summed E-state index contributed by atoms with van der Waals surface area (Å²) in [6.07, 6.45) is 1.71. The summed E-state index contributed by atoms with van der Waals surface area (Å²) in [5.41, 5.74) is -1.53. The Morgan fingerprint density at radius 2 is 1.89 bits per heavy atom. The molecule has 0 radical (unpaired) electrons. The Bertz CT molecular complexity index is 281. The predicted octanol–water partition coefficient (Wildman–Crippen LogP) is 4.28. The lowest BCUT2D eigenvalue weighted by molar-refractivity contribution is -0.168. The third kappa shape index (κ3) is 3.19. The molecule has 0 aromatic carbocycles. The van der Waals surface area contributed by atoms with Crippen molar-refractivity contribution in [1.29, 1.82) is 0 Å². The zero-order chi connectivity index (χ0) is 13.4. The second-order valence-electron chi connectivity index (χ2n) is 6.58. The van der Waals surface area contributed by atoms with Gasteiger partial charge in [-0.15, -0.1) is 0 Å². The van der Waals surface area contributed by atoms with E-state index >= 15 is 0 Å². The van der Waals surface area contributed by atoms with Crippen LogP contribution in [0.5, 0.6) is 0 Å². The Morgan fingerprint density at radius 3 is 2.39 bits per heavy atom. The van der Waals surface area contributed by atoms with Crippen molar-refractivity contribution in [2.45, 2.75) is 76.6 Å². The fourth-order valence-corrected chi connectivity index (χ4v) is 3.33. The molecular weight excluding hydrogens is 239 g/mol. The second kappa shape index (κ2) is 5.03. The fraction of sp³-hybridized carbons (Fsp3) is 1.00. The Kier molecular flexibility index (Phi) is 3.96. The highest BCUT2D eigenvalue weighted by Gasteiger charge is 2.63. The van der Waals surface area contributed by atoms with Crippen molar-refractivity contribution >= 4 is 0 Å². The summed E-state index contributed by atoms with van der Waals surface area (Å²) >= 11 is 0. The topological polar surface area (TPSA) is 12.0 Å². The molecule has 0 aliphatic heterocycles. The van der Waals surface area contributed by atoms with E-state index in [0.717, 1.165) is 25.7 Å². The van der Waals surface area contributed by atoms with Crippen molar-refractivity contribution in [2.24, 2.45) is 11.8 Å². The van der Waals surface area contributed by atoms with Gasteiger partial charge in [-0.25, -0.2) is 0 Å². The van der Waals surface area contributed by atoms with Gasteiger partial charge in [-0.2, -0.15) is 13.2 Å². The van der Waals surface area contributed by atoms with E-state index in [0.29, 0.717) is 11.8 Å². The first kappa shape index (κ1) is 14.2. The highest BCUT2D eigenvalue weighted by molar-refractivity contribution is 5.09. The zero-order valence-corrected chi connectivity index (χ0v) is 11.3. The van der Waals surface area contributed by atoms with Crippen LogP contribution < -0.4 is 5.32 Å². The summed E-state index contributed by atoms with van der Waals surface area (Å²) in [5.74, 6) is 1.26. The first-order valence-corrected chi connectivity index (χ1v) is 7.17. The third-order valence-electron chi connectivity index (χ3n) is 4.36. The van der Waals surface area contributed by atoms with Crippen LogP contribution >= 0.6 is 0 Å². The quantitative estimate of drug-likeness (QED) is 0.798. The summed E-state index contributed by atoms with van der Waals surface area (Å²) in [7, 11) is 0. The van der Waals surface area contributed by atoms with Crippen molar-refractivity contribution in [3.05, 3.63) is 0 Å². The fourth-order valence-electron chi connectivity index (χ4n) is 3.33. The number of nitrogens with one attached hydrogen (secondary N) is 1. The van der Waals surface area contributed by atoms with E-state index in [1.807, 2.05) is 0 Å². The lowest BCUT2D eigenvalue weighted by atomic mass is 9.81. The van der Waals surface area contributed by atoms with Crippen LogP contribution in [0.4, 0.5) is 13.2 Å². The summed E-state index contributed by atoms with van der Waals surface area (Å²) in [6, 6.07) is 0.0756. The van der Waals surface area contributed by atoms with Gasteiger partial charge in [0.2, 0.25) is 0 Å². The minimum absolute atomic E-state index is 0.0756. The molecule has 2 fully saturated rings. The van der Waals surface area contributed by atoms with E-state index in [2.05, 4.69) is 19.2 Å². The molecule has 18 heavy (non-hydrogen) atoms. The molecule has 0 amide bonds. The van der Waals surface area contributed by atoms with E-state index < -0.39 is 11.7 Å². The van der Waals surface area contributed by atoms with Crippen molar-refractivity contribution in [3.63, 3.8) is 0 Å². The molecular formula is C14H24F3N. The molecule has 0 aromatic heterocycles. The van der Waals surface area contributed by atoms with Crippen LogP contribution in [0, 0.1) is 11.8 Å². The number of hydrogen-bond acceptors (Lipinski definition) is 1. The summed E-state index contributed by atoms with van der Waals surface area (Å²) < 4.78 is 38.7. The minimum Gasteiger partial charge on any atom is -0.301 e. The highest BCUT2D eigenvalue weighted by Crippen LogP contribution is 2.50. The number of alkyl halides is 3. The lowest BCUT2D eigenvalue weighted by Gasteiger charge is -2.34. The molecule has 0 aromatic rings. The van der Waals surface area contributed by atoms with Gasteiger partial charge in [-0.05, 0) is 43.9 Å². The zero-order valence-electron chi connectivity index (χ0n) is 11.3. The average Bonchev–Trinajstić information content (AvgIpc) is 2.97. The van der Waals surface area contributed by atoms with E-state index in [1.165, 1.54) is 6.42 Å². The molecule has 2 aliphatic carbocycles. The summed E-state index contributed by atoms with van der Waals surface area (Å²) in [6.45, 7) is 4.38. The van der Waals surface area contributed by atoms with Crippen LogP contribution in [0.1, 0.15) is 58.8 Å². The molecule has 1 N–H and O–H groups in total. The predicted molar refractivity (Wildman–Crippen MR) is 66.4 cm³/mol. The maximum absolute atomic E-state index is 12.9. The van der Waals surface area contributed by atoms with E-state index in [-0.39, 0.29) is 18.9 Å². The standard InChI is InChI=1S/C14H24F3N/c1-10(2)8-11-4-3-5-12(9-11)18-13(6-7-13)14(15,16)17/h10-12,18H,3-9H2,1-2H3. The van der Waals surface area contributed by atoms with Crippen LogP contribution in [0.25, 0.3) is 0 Å². The molecule has 0 saturated heterocycles. The van der Waals surface area contributed by atoms with Gasteiger partial charge in [0.05, 0.1) is 0 Å². The van der Waals surface area contributed by atoms with Gasteiger partial charge in [0.1, 0.15) is 5.54 Å². The summed E-state index contributed by atoms with van der Waals surface area (Å²) in [4.78, 5) is 0. The number of halogens is 3. The monoisotopic (exact) mass is 263 g/mol. The first-order chi connectivity index (χ1) is 8.32. The Labute approximate surface area is 108 Å². The highest BCUT2D eigenvalue weighted by atomic mass is 19.4. The molecule has 2 saturated carbocycles. The van der Waals surface area contributed by atoms with Gasteiger partial charge >= 0.3 is 6.18 Å². The van der Waals surface area contributed by atoms with Crippen LogP contribution in [0.15, 0.2) is 0 Å². The Morgan fingerprint density at radius 1 is 1.22 bits per heavy atom. The van der Waals surface area contributed by atoms with Crippen molar-refractivity contribution in [2.75, 3.05) is 0 Å². The van der Waals surface area contributed by atoms with Crippen molar-refractivity contribution in [3.8, 4) is 0 Å². The molecule has 2 rings (SSSR count). The molecule has 2 unspecified atom stereocenters. The van der Waals surface area contributed by atoms with Gasteiger partial charge < -0.3 is 5.32 Å². The third-order valence-corrected chi connectivity index (χ3v) is 4.36. The van der Waals surface area contributed by atoms with Crippen molar-refractivity contribution < 1.29 is 13.2 Å². The molecule has 2 atom stereocenters. The molecule has 0 heterocycles. The van der Waals surface area contributed by atoms with E-state index in [4.69, 9.17) is 0 Å².